The van der Waals surface area contributed by atoms with Crippen molar-refractivity contribution >= 4 is 15.9 Å². The molecule has 1 N–H and O–H groups in total. The predicted molar refractivity (Wildman–Crippen MR) is 66.5 cm³/mol. The van der Waals surface area contributed by atoms with Crippen LogP contribution in [0.2, 0.25) is 0 Å². The average Bonchev–Trinajstić information content (AvgIpc) is 2.64. The fourth-order valence-electron chi connectivity index (χ4n) is 2.12. The molecule has 1 heterocycles. The zero-order valence-corrected chi connectivity index (χ0v) is 11.3. The van der Waals surface area contributed by atoms with Crippen LogP contribution in [0, 0.1) is 6.92 Å². The van der Waals surface area contributed by atoms with Crippen molar-refractivity contribution in [3.63, 3.8) is 0 Å². The van der Waals surface area contributed by atoms with Gasteiger partial charge in [-0.25, -0.2) is 0 Å². The van der Waals surface area contributed by atoms with Crippen molar-refractivity contribution in [1.82, 2.24) is 5.48 Å². The monoisotopic (exact) mass is 285 g/mol. The summed E-state index contributed by atoms with van der Waals surface area (Å²) in [6.45, 7) is 4.18. The molecule has 0 aliphatic carbocycles. The minimum atomic E-state index is 0.0966. The van der Waals surface area contributed by atoms with Gasteiger partial charge < -0.3 is 9.57 Å². The first-order valence-corrected chi connectivity index (χ1v) is 6.22. The lowest BCUT2D eigenvalue weighted by atomic mass is 10.0. The summed E-state index contributed by atoms with van der Waals surface area (Å²) >= 11 is 3.57. The molecule has 2 unspecified atom stereocenters. The van der Waals surface area contributed by atoms with E-state index < -0.39 is 0 Å². The van der Waals surface area contributed by atoms with Crippen LogP contribution in [0.1, 0.15) is 30.5 Å². The Labute approximate surface area is 104 Å². The molecule has 0 spiro atoms. The Balaban J connectivity index is 2.45. The van der Waals surface area contributed by atoms with Crippen molar-refractivity contribution in [2.24, 2.45) is 0 Å². The number of ether oxygens (including phenoxy) is 1. The van der Waals surface area contributed by atoms with Crippen molar-refractivity contribution in [2.45, 2.75) is 32.4 Å². The highest BCUT2D eigenvalue weighted by atomic mass is 79.9. The number of hydrogen-bond donors (Lipinski definition) is 1. The summed E-state index contributed by atoms with van der Waals surface area (Å²) in [5.74, 6) is 0.982. The quantitative estimate of drug-likeness (QED) is 0.866. The van der Waals surface area contributed by atoms with E-state index in [0.29, 0.717) is 0 Å². The Morgan fingerprint density at radius 1 is 1.50 bits per heavy atom. The van der Waals surface area contributed by atoms with Gasteiger partial charge in [0.2, 0.25) is 0 Å². The summed E-state index contributed by atoms with van der Waals surface area (Å²) in [6, 6.07) is 4.21. The lowest BCUT2D eigenvalue weighted by Crippen LogP contribution is -2.29. The minimum absolute atomic E-state index is 0.0966. The highest BCUT2D eigenvalue weighted by Gasteiger charge is 2.35. The van der Waals surface area contributed by atoms with E-state index in [1.54, 1.807) is 7.11 Å². The summed E-state index contributed by atoms with van der Waals surface area (Å²) < 4.78 is 7.03. The predicted octanol–water partition coefficient (Wildman–Crippen LogP) is 3.12. The summed E-state index contributed by atoms with van der Waals surface area (Å²) in [5, 5.41) is 0. The molecule has 16 heavy (non-hydrogen) atoms. The molecule has 0 aromatic heterocycles. The summed E-state index contributed by atoms with van der Waals surface area (Å²) in [5.41, 5.74) is 5.34. The number of rotatable bonds is 3. The summed E-state index contributed by atoms with van der Waals surface area (Å²) in [6.07, 6.45) is 1.08. The molecule has 2 atom stereocenters. The van der Waals surface area contributed by atoms with E-state index >= 15 is 0 Å². The van der Waals surface area contributed by atoms with Gasteiger partial charge in [-0.1, -0.05) is 28.9 Å². The van der Waals surface area contributed by atoms with Crippen molar-refractivity contribution in [3.05, 3.63) is 27.7 Å². The van der Waals surface area contributed by atoms with Crippen LogP contribution in [0.4, 0.5) is 0 Å². The molecule has 0 amide bonds. The van der Waals surface area contributed by atoms with Gasteiger partial charge in [-0.3, -0.25) is 0 Å². The Bertz CT molecular complexity index is 395. The Hall–Kier alpha value is -0.580. The SMILES string of the molecule is CCC1Oc2c(C)ccc(Br)c2C1NOC. The second kappa shape index (κ2) is 4.73. The average molecular weight is 286 g/mol. The third-order valence-corrected chi connectivity index (χ3v) is 3.63. The van der Waals surface area contributed by atoms with Crippen LogP contribution in [-0.2, 0) is 4.84 Å². The zero-order valence-electron chi connectivity index (χ0n) is 9.71. The van der Waals surface area contributed by atoms with Gasteiger partial charge >= 0.3 is 0 Å². The normalized spacial score (nSPS) is 23.0. The molecular formula is C12H16BrNO2. The van der Waals surface area contributed by atoms with Crippen molar-refractivity contribution < 1.29 is 9.57 Å². The molecule has 4 heteroatoms. The molecule has 2 rings (SSSR count). The van der Waals surface area contributed by atoms with Gasteiger partial charge in [-0.05, 0) is 25.0 Å². The van der Waals surface area contributed by atoms with E-state index in [-0.39, 0.29) is 12.1 Å². The van der Waals surface area contributed by atoms with E-state index in [1.165, 1.54) is 0 Å². The molecule has 0 fully saturated rings. The molecule has 1 aromatic carbocycles. The highest BCUT2D eigenvalue weighted by Crippen LogP contribution is 2.44. The van der Waals surface area contributed by atoms with Crippen LogP contribution >= 0.6 is 15.9 Å². The zero-order chi connectivity index (χ0) is 11.7. The van der Waals surface area contributed by atoms with Crippen molar-refractivity contribution in [3.8, 4) is 5.75 Å². The van der Waals surface area contributed by atoms with Crippen LogP contribution in [-0.4, -0.2) is 13.2 Å². The van der Waals surface area contributed by atoms with Gasteiger partial charge in [0.25, 0.3) is 0 Å². The third kappa shape index (κ3) is 1.85. The number of benzene rings is 1. The first-order valence-electron chi connectivity index (χ1n) is 5.43. The second-order valence-electron chi connectivity index (χ2n) is 3.97. The maximum atomic E-state index is 5.96. The van der Waals surface area contributed by atoms with Gasteiger partial charge in [-0.15, -0.1) is 0 Å². The standard InChI is InChI=1S/C12H16BrNO2/c1-4-9-11(14-15-3)10-8(13)6-5-7(2)12(10)16-9/h5-6,9,11,14H,4H2,1-3H3. The van der Waals surface area contributed by atoms with Gasteiger partial charge in [0, 0.05) is 10.0 Å². The number of hydrogen-bond acceptors (Lipinski definition) is 3. The molecule has 1 aliphatic rings. The molecule has 0 bridgehead atoms. The first kappa shape index (κ1) is 11.9. The number of nitrogens with one attached hydrogen (secondary N) is 1. The summed E-state index contributed by atoms with van der Waals surface area (Å²) in [4.78, 5) is 5.06. The molecule has 1 aromatic rings. The lowest BCUT2D eigenvalue weighted by molar-refractivity contribution is 0.0281. The molecule has 3 nitrogen and oxygen atoms in total. The van der Waals surface area contributed by atoms with Crippen LogP contribution in [0.15, 0.2) is 16.6 Å². The molecule has 0 saturated heterocycles. The van der Waals surface area contributed by atoms with E-state index in [4.69, 9.17) is 9.57 Å². The van der Waals surface area contributed by atoms with Crippen LogP contribution in [0.25, 0.3) is 0 Å². The topological polar surface area (TPSA) is 30.5 Å². The van der Waals surface area contributed by atoms with Gasteiger partial charge in [-0.2, -0.15) is 5.48 Å². The van der Waals surface area contributed by atoms with Gasteiger partial charge in [0.15, 0.2) is 0 Å². The fourth-order valence-corrected chi connectivity index (χ4v) is 2.68. The third-order valence-electron chi connectivity index (χ3n) is 2.94. The van der Waals surface area contributed by atoms with E-state index in [2.05, 4.69) is 47.4 Å². The Morgan fingerprint density at radius 3 is 2.88 bits per heavy atom. The molecular weight excluding hydrogens is 270 g/mol. The first-order chi connectivity index (χ1) is 7.69. The van der Waals surface area contributed by atoms with E-state index in [9.17, 15) is 0 Å². The number of aryl methyl sites for hydroxylation is 1. The van der Waals surface area contributed by atoms with Gasteiger partial charge in [0.1, 0.15) is 11.9 Å². The molecule has 0 saturated carbocycles. The second-order valence-corrected chi connectivity index (χ2v) is 4.83. The number of fused-ring (bicyclic) bond motifs is 1. The maximum absolute atomic E-state index is 5.96. The van der Waals surface area contributed by atoms with Crippen molar-refractivity contribution in [2.75, 3.05) is 7.11 Å². The fraction of sp³-hybridized carbons (Fsp3) is 0.500. The maximum Gasteiger partial charge on any atom is 0.128 e. The van der Waals surface area contributed by atoms with Crippen molar-refractivity contribution in [1.29, 1.82) is 0 Å². The number of halogens is 1. The van der Waals surface area contributed by atoms with Crippen LogP contribution in [0.3, 0.4) is 0 Å². The minimum Gasteiger partial charge on any atom is -0.488 e. The van der Waals surface area contributed by atoms with E-state index in [1.807, 2.05) is 0 Å². The summed E-state index contributed by atoms with van der Waals surface area (Å²) in [7, 11) is 1.63. The molecule has 0 radical (unpaired) electrons. The number of hydroxylamine groups is 1. The molecule has 88 valence electrons. The van der Waals surface area contributed by atoms with Gasteiger partial charge in [0.05, 0.1) is 13.2 Å². The van der Waals surface area contributed by atoms with Crippen LogP contribution in [0.5, 0.6) is 5.75 Å². The lowest BCUT2D eigenvalue weighted by Gasteiger charge is -2.17. The molecule has 1 aliphatic heterocycles. The Morgan fingerprint density at radius 2 is 2.25 bits per heavy atom. The Kier molecular flexibility index (Phi) is 3.52. The van der Waals surface area contributed by atoms with Crippen LogP contribution < -0.4 is 10.2 Å². The highest BCUT2D eigenvalue weighted by molar-refractivity contribution is 9.10. The van der Waals surface area contributed by atoms with E-state index in [0.717, 1.165) is 27.8 Å². The largest absolute Gasteiger partial charge is 0.488 e. The smallest absolute Gasteiger partial charge is 0.128 e.